The third-order valence-electron chi connectivity index (χ3n) is 5.47. The lowest BCUT2D eigenvalue weighted by molar-refractivity contribution is -0.140. The van der Waals surface area contributed by atoms with E-state index in [1.807, 2.05) is 6.92 Å². The topological polar surface area (TPSA) is 117 Å². The van der Waals surface area contributed by atoms with Crippen molar-refractivity contribution < 1.29 is 27.5 Å². The number of morpholine rings is 1. The maximum Gasteiger partial charge on any atom is 0.309 e. The predicted octanol–water partition coefficient (Wildman–Crippen LogP) is -0.313. The Labute approximate surface area is 189 Å². The van der Waals surface area contributed by atoms with Gasteiger partial charge in [-0.05, 0) is 38.4 Å². The molecule has 2 N–H and O–H groups in total. The molecule has 0 bridgehead atoms. The SMILES string of the molecule is Cc1ccc(S(=O)(=O)N2CCCOC2CNC(=O)C(=O)NCCCN2CCOCC2)cc1. The van der Waals surface area contributed by atoms with E-state index >= 15 is 0 Å². The third-order valence-corrected chi connectivity index (χ3v) is 7.37. The highest BCUT2D eigenvalue weighted by atomic mass is 32.2. The van der Waals surface area contributed by atoms with Gasteiger partial charge in [-0.1, -0.05) is 17.7 Å². The zero-order valence-corrected chi connectivity index (χ0v) is 19.2. The zero-order chi connectivity index (χ0) is 23.0. The van der Waals surface area contributed by atoms with Crippen molar-refractivity contribution in [2.75, 3.05) is 59.1 Å². The number of sulfonamides is 1. The van der Waals surface area contributed by atoms with Gasteiger partial charge in [0.15, 0.2) is 0 Å². The number of nitrogens with zero attached hydrogens (tertiary/aromatic N) is 2. The lowest BCUT2D eigenvalue weighted by Gasteiger charge is -2.34. The number of hydrogen-bond acceptors (Lipinski definition) is 7. The molecule has 0 spiro atoms. The Kier molecular flexibility index (Phi) is 9.00. The summed E-state index contributed by atoms with van der Waals surface area (Å²) in [7, 11) is -3.78. The molecule has 32 heavy (non-hydrogen) atoms. The van der Waals surface area contributed by atoms with Crippen LogP contribution < -0.4 is 10.6 Å². The Morgan fingerprint density at radius 2 is 1.72 bits per heavy atom. The summed E-state index contributed by atoms with van der Waals surface area (Å²) in [5, 5.41) is 5.10. The largest absolute Gasteiger partial charge is 0.379 e. The highest BCUT2D eigenvalue weighted by molar-refractivity contribution is 7.89. The molecule has 2 amide bonds. The van der Waals surface area contributed by atoms with Crippen LogP contribution in [0.4, 0.5) is 0 Å². The molecule has 3 rings (SSSR count). The van der Waals surface area contributed by atoms with Gasteiger partial charge in [-0.15, -0.1) is 0 Å². The fourth-order valence-electron chi connectivity index (χ4n) is 3.62. The van der Waals surface area contributed by atoms with Gasteiger partial charge in [-0.3, -0.25) is 14.5 Å². The number of ether oxygens (including phenoxy) is 2. The van der Waals surface area contributed by atoms with E-state index in [9.17, 15) is 18.0 Å². The summed E-state index contributed by atoms with van der Waals surface area (Å²) in [6, 6.07) is 6.58. The number of hydrogen-bond donors (Lipinski definition) is 2. The standard InChI is InChI=1S/C21H32N4O6S/c1-17-4-6-18(7-5-17)32(28,29)25-10-3-13-31-19(25)16-23-21(27)20(26)22-8-2-9-24-11-14-30-15-12-24/h4-7,19H,2-3,8-16H2,1H3,(H,22,26)(H,23,27). The molecule has 1 atom stereocenters. The molecule has 0 radical (unpaired) electrons. The minimum atomic E-state index is -3.78. The molecule has 0 saturated carbocycles. The van der Waals surface area contributed by atoms with Crippen molar-refractivity contribution in [3.05, 3.63) is 29.8 Å². The number of carbonyl (C=O) groups excluding carboxylic acids is 2. The minimum Gasteiger partial charge on any atom is -0.379 e. The monoisotopic (exact) mass is 468 g/mol. The van der Waals surface area contributed by atoms with Crippen molar-refractivity contribution in [3.8, 4) is 0 Å². The van der Waals surface area contributed by atoms with Crippen LogP contribution in [0.2, 0.25) is 0 Å². The van der Waals surface area contributed by atoms with E-state index < -0.39 is 28.1 Å². The van der Waals surface area contributed by atoms with Crippen LogP contribution in [-0.4, -0.2) is 94.8 Å². The van der Waals surface area contributed by atoms with E-state index in [-0.39, 0.29) is 18.0 Å². The van der Waals surface area contributed by atoms with Crippen LogP contribution in [0, 0.1) is 6.92 Å². The van der Waals surface area contributed by atoms with Gasteiger partial charge in [-0.2, -0.15) is 4.31 Å². The molecule has 11 heteroatoms. The highest BCUT2D eigenvalue weighted by Crippen LogP contribution is 2.22. The second-order valence-electron chi connectivity index (χ2n) is 7.88. The first-order chi connectivity index (χ1) is 15.4. The third kappa shape index (κ3) is 6.72. The van der Waals surface area contributed by atoms with Crippen molar-refractivity contribution in [2.24, 2.45) is 0 Å². The van der Waals surface area contributed by atoms with E-state index in [0.717, 1.165) is 31.6 Å². The van der Waals surface area contributed by atoms with Crippen molar-refractivity contribution in [1.82, 2.24) is 19.8 Å². The molecule has 0 aromatic heterocycles. The summed E-state index contributed by atoms with van der Waals surface area (Å²) in [6.45, 7) is 6.83. The maximum absolute atomic E-state index is 13.0. The summed E-state index contributed by atoms with van der Waals surface area (Å²) in [6.07, 6.45) is 0.417. The van der Waals surface area contributed by atoms with Crippen LogP contribution in [-0.2, 0) is 29.1 Å². The molecule has 2 aliphatic rings. The fraction of sp³-hybridized carbons (Fsp3) is 0.619. The van der Waals surface area contributed by atoms with Crippen LogP contribution in [0.15, 0.2) is 29.2 Å². The van der Waals surface area contributed by atoms with E-state index in [4.69, 9.17) is 9.47 Å². The quantitative estimate of drug-likeness (QED) is 0.397. The molecule has 2 fully saturated rings. The second-order valence-corrected chi connectivity index (χ2v) is 9.77. The van der Waals surface area contributed by atoms with E-state index in [0.29, 0.717) is 32.8 Å². The van der Waals surface area contributed by atoms with Crippen molar-refractivity contribution in [3.63, 3.8) is 0 Å². The van der Waals surface area contributed by atoms with Crippen LogP contribution in [0.3, 0.4) is 0 Å². The Morgan fingerprint density at radius 3 is 2.44 bits per heavy atom. The highest BCUT2D eigenvalue weighted by Gasteiger charge is 2.34. The molecule has 2 heterocycles. The van der Waals surface area contributed by atoms with Crippen molar-refractivity contribution >= 4 is 21.8 Å². The normalized spacial score (nSPS) is 20.6. The van der Waals surface area contributed by atoms with Gasteiger partial charge in [0.1, 0.15) is 6.23 Å². The molecular weight excluding hydrogens is 436 g/mol. The Hall–Kier alpha value is -2.05. The van der Waals surface area contributed by atoms with E-state index in [1.54, 1.807) is 24.3 Å². The lowest BCUT2D eigenvalue weighted by atomic mass is 10.2. The molecule has 10 nitrogen and oxygen atoms in total. The van der Waals surface area contributed by atoms with Gasteiger partial charge >= 0.3 is 11.8 Å². The van der Waals surface area contributed by atoms with E-state index in [1.165, 1.54) is 4.31 Å². The first kappa shape index (κ1) is 24.6. The van der Waals surface area contributed by atoms with Gasteiger partial charge in [-0.25, -0.2) is 8.42 Å². The first-order valence-corrected chi connectivity index (χ1v) is 12.4. The fourth-order valence-corrected chi connectivity index (χ4v) is 5.18. The Bertz CT molecular complexity index is 871. The van der Waals surface area contributed by atoms with E-state index in [2.05, 4.69) is 15.5 Å². The zero-order valence-electron chi connectivity index (χ0n) is 18.4. The van der Waals surface area contributed by atoms with Crippen LogP contribution >= 0.6 is 0 Å². The molecular formula is C21H32N4O6S. The summed E-state index contributed by atoms with van der Waals surface area (Å²) < 4.78 is 38.2. The molecule has 2 saturated heterocycles. The van der Waals surface area contributed by atoms with Gasteiger partial charge in [0.2, 0.25) is 10.0 Å². The smallest absolute Gasteiger partial charge is 0.309 e. The summed E-state index contributed by atoms with van der Waals surface area (Å²) in [5.41, 5.74) is 0.957. The number of carbonyl (C=O) groups is 2. The Morgan fingerprint density at radius 1 is 1.03 bits per heavy atom. The van der Waals surface area contributed by atoms with Gasteiger partial charge in [0, 0.05) is 26.2 Å². The second kappa shape index (κ2) is 11.7. The molecule has 1 aromatic rings. The maximum atomic E-state index is 13.0. The molecule has 0 aliphatic carbocycles. The first-order valence-electron chi connectivity index (χ1n) is 10.9. The number of aryl methyl sites for hydroxylation is 1. The number of amides is 2. The van der Waals surface area contributed by atoms with Crippen LogP contribution in [0.5, 0.6) is 0 Å². The molecule has 1 unspecified atom stereocenters. The number of benzene rings is 1. The molecule has 178 valence electrons. The summed E-state index contributed by atoms with van der Waals surface area (Å²) >= 11 is 0. The van der Waals surface area contributed by atoms with Crippen molar-refractivity contribution in [1.29, 1.82) is 0 Å². The van der Waals surface area contributed by atoms with Crippen LogP contribution in [0.1, 0.15) is 18.4 Å². The van der Waals surface area contributed by atoms with Crippen LogP contribution in [0.25, 0.3) is 0 Å². The number of nitrogens with one attached hydrogen (secondary N) is 2. The summed E-state index contributed by atoms with van der Waals surface area (Å²) in [4.78, 5) is 26.7. The average Bonchev–Trinajstić information content (AvgIpc) is 2.81. The average molecular weight is 469 g/mol. The number of rotatable bonds is 8. The van der Waals surface area contributed by atoms with Gasteiger partial charge < -0.3 is 20.1 Å². The van der Waals surface area contributed by atoms with Gasteiger partial charge in [0.25, 0.3) is 0 Å². The minimum absolute atomic E-state index is 0.106. The molecule has 2 aliphatic heterocycles. The lowest BCUT2D eigenvalue weighted by Crippen LogP contribution is -2.53. The molecule has 1 aromatic carbocycles. The summed E-state index contributed by atoms with van der Waals surface area (Å²) in [5.74, 6) is -1.55. The Balaban J connectivity index is 1.46. The van der Waals surface area contributed by atoms with Crippen molar-refractivity contribution in [2.45, 2.75) is 30.9 Å². The predicted molar refractivity (Wildman–Crippen MR) is 117 cm³/mol. The van der Waals surface area contributed by atoms with Gasteiger partial charge in [0.05, 0.1) is 31.3 Å².